The number of hydrogen-bond donors (Lipinski definition) is 1. The number of carbonyl (C=O) groups excluding carboxylic acids is 1. The summed E-state index contributed by atoms with van der Waals surface area (Å²) in [6.45, 7) is 0.501. The van der Waals surface area contributed by atoms with Crippen LogP contribution in [0.1, 0.15) is 37.9 Å². The number of furan rings is 1. The lowest BCUT2D eigenvalue weighted by Gasteiger charge is -2.07. The molecule has 0 bridgehead atoms. The highest BCUT2D eigenvalue weighted by atomic mass is 33.1. The summed E-state index contributed by atoms with van der Waals surface area (Å²) < 4.78 is 5.16. The van der Waals surface area contributed by atoms with Crippen molar-refractivity contribution in [2.45, 2.75) is 43.9 Å². The highest BCUT2D eigenvalue weighted by molar-refractivity contribution is 8.77. The van der Waals surface area contributed by atoms with Gasteiger partial charge in [0.25, 0.3) is 0 Å². The zero-order valence-electron chi connectivity index (χ0n) is 10.4. The van der Waals surface area contributed by atoms with Crippen LogP contribution in [0, 0.1) is 0 Å². The van der Waals surface area contributed by atoms with Crippen molar-refractivity contribution in [2.75, 3.05) is 5.75 Å². The van der Waals surface area contributed by atoms with Gasteiger partial charge in [0.1, 0.15) is 5.76 Å². The summed E-state index contributed by atoms with van der Waals surface area (Å²) in [6.07, 6.45) is 6.99. The molecule has 3 nitrogen and oxygen atoms in total. The predicted octanol–water partition coefficient (Wildman–Crippen LogP) is 3.61. The first kappa shape index (κ1) is 13.9. The lowest BCUT2D eigenvalue weighted by Crippen LogP contribution is -2.22. The number of nitrogens with one attached hydrogen (secondary N) is 1. The molecule has 1 atom stereocenters. The molecule has 0 aromatic carbocycles. The maximum atomic E-state index is 11.6. The van der Waals surface area contributed by atoms with Gasteiger partial charge in [0.15, 0.2) is 0 Å². The Hall–Kier alpha value is -0.550. The molecule has 1 fully saturated rings. The molecule has 1 aliphatic rings. The Morgan fingerprint density at radius 3 is 3.17 bits per heavy atom. The number of hydrogen-bond acceptors (Lipinski definition) is 4. The normalized spacial score (nSPS) is 19.0. The molecule has 2 heterocycles. The molecule has 1 N–H and O–H groups in total. The zero-order valence-corrected chi connectivity index (χ0v) is 12.0. The third kappa shape index (κ3) is 4.98. The van der Waals surface area contributed by atoms with Crippen molar-refractivity contribution in [3.8, 4) is 0 Å². The lowest BCUT2D eigenvalue weighted by molar-refractivity contribution is -0.121. The molecule has 1 amide bonds. The van der Waals surface area contributed by atoms with Crippen LogP contribution in [0.15, 0.2) is 22.8 Å². The van der Waals surface area contributed by atoms with Crippen molar-refractivity contribution in [2.24, 2.45) is 0 Å². The van der Waals surface area contributed by atoms with Crippen molar-refractivity contribution in [1.29, 1.82) is 0 Å². The Morgan fingerprint density at radius 1 is 1.50 bits per heavy atom. The van der Waals surface area contributed by atoms with Crippen LogP contribution in [0.5, 0.6) is 0 Å². The molecule has 18 heavy (non-hydrogen) atoms. The van der Waals surface area contributed by atoms with Gasteiger partial charge in [0.2, 0.25) is 5.91 Å². The second kappa shape index (κ2) is 7.79. The van der Waals surface area contributed by atoms with E-state index in [2.05, 4.69) is 5.32 Å². The average Bonchev–Trinajstić information content (AvgIpc) is 3.04. The van der Waals surface area contributed by atoms with Gasteiger partial charge >= 0.3 is 0 Å². The standard InChI is InChI=1S/C13H19NO2S2/c15-13(14-10-11-4-3-8-16-11)6-2-1-5-12-7-9-17-18-12/h3-4,8,12H,1-2,5-7,9-10H2,(H,14,15)/t12-/m0/s1. The summed E-state index contributed by atoms with van der Waals surface area (Å²) in [4.78, 5) is 11.6. The fourth-order valence-electron chi connectivity index (χ4n) is 1.91. The van der Waals surface area contributed by atoms with Gasteiger partial charge < -0.3 is 9.73 Å². The smallest absolute Gasteiger partial charge is 0.220 e. The first-order valence-electron chi connectivity index (χ1n) is 6.42. The second-order valence-electron chi connectivity index (χ2n) is 4.43. The summed E-state index contributed by atoms with van der Waals surface area (Å²) in [7, 11) is 3.99. The molecule has 1 aromatic heterocycles. The third-order valence-corrected chi connectivity index (χ3v) is 5.95. The molecule has 100 valence electrons. The predicted molar refractivity (Wildman–Crippen MR) is 77.5 cm³/mol. The van der Waals surface area contributed by atoms with Crippen molar-refractivity contribution in [1.82, 2.24) is 5.32 Å². The molecule has 0 unspecified atom stereocenters. The second-order valence-corrected chi connectivity index (χ2v) is 7.22. The summed E-state index contributed by atoms with van der Waals surface area (Å²) >= 11 is 0. The minimum atomic E-state index is 0.125. The molecule has 1 aliphatic heterocycles. The van der Waals surface area contributed by atoms with E-state index in [1.54, 1.807) is 6.26 Å². The van der Waals surface area contributed by atoms with Crippen molar-refractivity contribution < 1.29 is 9.21 Å². The van der Waals surface area contributed by atoms with Gasteiger partial charge in [0.05, 0.1) is 12.8 Å². The van der Waals surface area contributed by atoms with Crippen LogP contribution in [-0.2, 0) is 11.3 Å². The van der Waals surface area contributed by atoms with Gasteiger partial charge in [-0.15, -0.1) is 0 Å². The summed E-state index contributed by atoms with van der Waals surface area (Å²) in [5.41, 5.74) is 0. The molecule has 2 rings (SSSR count). The van der Waals surface area contributed by atoms with Gasteiger partial charge in [-0.1, -0.05) is 28.0 Å². The molecule has 0 spiro atoms. The van der Waals surface area contributed by atoms with E-state index in [0.717, 1.165) is 23.9 Å². The van der Waals surface area contributed by atoms with Gasteiger partial charge in [-0.3, -0.25) is 4.79 Å². The number of unbranched alkanes of at least 4 members (excludes halogenated alkanes) is 1. The molecule has 5 heteroatoms. The van der Waals surface area contributed by atoms with E-state index in [-0.39, 0.29) is 5.91 Å². The van der Waals surface area contributed by atoms with Crippen LogP contribution in [-0.4, -0.2) is 16.9 Å². The SMILES string of the molecule is O=C(CCCC[C@H]1CCSS1)NCc1ccco1. The first-order chi connectivity index (χ1) is 8.84. The molecular formula is C13H19NO2S2. The fraction of sp³-hybridized carbons (Fsp3) is 0.615. The van der Waals surface area contributed by atoms with E-state index in [4.69, 9.17) is 4.42 Å². The van der Waals surface area contributed by atoms with E-state index in [1.807, 2.05) is 33.7 Å². The Bertz CT molecular complexity index is 348. The molecule has 1 saturated heterocycles. The van der Waals surface area contributed by atoms with E-state index in [9.17, 15) is 4.79 Å². The van der Waals surface area contributed by atoms with Crippen LogP contribution in [0.3, 0.4) is 0 Å². The average molecular weight is 285 g/mol. The molecule has 0 saturated carbocycles. The Morgan fingerprint density at radius 2 is 2.44 bits per heavy atom. The highest BCUT2D eigenvalue weighted by Gasteiger charge is 2.15. The minimum absolute atomic E-state index is 0.125. The number of carbonyl (C=O) groups is 1. The Labute approximate surface area is 116 Å². The zero-order chi connectivity index (χ0) is 12.6. The van der Waals surface area contributed by atoms with Crippen LogP contribution < -0.4 is 5.32 Å². The maximum absolute atomic E-state index is 11.6. The lowest BCUT2D eigenvalue weighted by atomic mass is 10.1. The maximum Gasteiger partial charge on any atom is 0.220 e. The van der Waals surface area contributed by atoms with E-state index < -0.39 is 0 Å². The monoisotopic (exact) mass is 285 g/mol. The molecule has 0 radical (unpaired) electrons. The summed E-state index contributed by atoms with van der Waals surface area (Å²) in [5, 5.41) is 3.69. The van der Waals surface area contributed by atoms with Gasteiger partial charge in [-0.2, -0.15) is 0 Å². The number of rotatable bonds is 7. The summed E-state index contributed by atoms with van der Waals surface area (Å²) in [6, 6.07) is 3.70. The van der Waals surface area contributed by atoms with E-state index in [0.29, 0.717) is 13.0 Å². The minimum Gasteiger partial charge on any atom is -0.467 e. The topological polar surface area (TPSA) is 42.2 Å². The number of amides is 1. The van der Waals surface area contributed by atoms with Gasteiger partial charge in [0, 0.05) is 17.4 Å². The van der Waals surface area contributed by atoms with Crippen molar-refractivity contribution in [3.05, 3.63) is 24.2 Å². The van der Waals surface area contributed by atoms with Gasteiger partial charge in [-0.25, -0.2) is 0 Å². The van der Waals surface area contributed by atoms with Crippen LogP contribution in [0.25, 0.3) is 0 Å². The van der Waals surface area contributed by atoms with Crippen LogP contribution in [0.4, 0.5) is 0 Å². The highest BCUT2D eigenvalue weighted by Crippen LogP contribution is 2.39. The largest absolute Gasteiger partial charge is 0.467 e. The third-order valence-electron chi connectivity index (χ3n) is 2.95. The molecule has 1 aromatic rings. The van der Waals surface area contributed by atoms with Crippen LogP contribution >= 0.6 is 21.6 Å². The molecule has 0 aliphatic carbocycles. The Balaban J connectivity index is 1.49. The van der Waals surface area contributed by atoms with Crippen LogP contribution in [0.2, 0.25) is 0 Å². The van der Waals surface area contributed by atoms with Crippen molar-refractivity contribution >= 4 is 27.5 Å². The first-order valence-corrected chi connectivity index (χ1v) is 8.80. The van der Waals surface area contributed by atoms with Gasteiger partial charge in [-0.05, 0) is 31.4 Å². The Kier molecular flexibility index (Phi) is 6.00. The quantitative estimate of drug-likeness (QED) is 0.614. The molecular weight excluding hydrogens is 266 g/mol. The van der Waals surface area contributed by atoms with E-state index in [1.165, 1.54) is 18.6 Å². The summed E-state index contributed by atoms with van der Waals surface area (Å²) in [5.74, 6) is 2.22. The fourth-order valence-corrected chi connectivity index (χ4v) is 4.94. The van der Waals surface area contributed by atoms with Crippen molar-refractivity contribution in [3.63, 3.8) is 0 Å². The van der Waals surface area contributed by atoms with E-state index >= 15 is 0 Å².